The quantitative estimate of drug-likeness (QED) is 0.752. The highest BCUT2D eigenvalue weighted by Gasteiger charge is 2.49. The third kappa shape index (κ3) is 3.12. The van der Waals surface area contributed by atoms with E-state index in [0.717, 1.165) is 17.7 Å². The number of nitrogens with zero attached hydrogens (tertiary/aromatic N) is 5. The van der Waals surface area contributed by atoms with Crippen LogP contribution in [0.25, 0.3) is 0 Å². The van der Waals surface area contributed by atoms with Crippen molar-refractivity contribution in [3.05, 3.63) is 35.7 Å². The molecule has 9 heteroatoms. The Bertz CT molecular complexity index is 803. The van der Waals surface area contributed by atoms with Crippen LogP contribution in [0.4, 0.5) is 4.79 Å². The molecule has 0 radical (unpaired) electrons. The smallest absolute Gasteiger partial charge is 0.325 e. The van der Waals surface area contributed by atoms with Gasteiger partial charge in [0.15, 0.2) is 5.82 Å². The number of imide groups is 1. The van der Waals surface area contributed by atoms with Crippen LogP contribution in [0.3, 0.4) is 0 Å². The monoisotopic (exact) mass is 358 g/mol. The van der Waals surface area contributed by atoms with Gasteiger partial charge in [-0.05, 0) is 41.5 Å². The molecular weight excluding hydrogens is 336 g/mol. The molecule has 1 aromatic heterocycles. The summed E-state index contributed by atoms with van der Waals surface area (Å²) < 4.78 is 6.77. The first kappa shape index (κ1) is 17.8. The maximum Gasteiger partial charge on any atom is 0.325 e. The third-order valence-electron chi connectivity index (χ3n) is 4.57. The second-order valence-corrected chi connectivity index (χ2v) is 6.35. The van der Waals surface area contributed by atoms with Crippen molar-refractivity contribution < 1.29 is 14.3 Å². The Morgan fingerprint density at radius 3 is 2.62 bits per heavy atom. The Kier molecular flexibility index (Phi) is 4.88. The summed E-state index contributed by atoms with van der Waals surface area (Å²) in [5, 5.41) is 14.3. The normalized spacial score (nSPS) is 19.7. The van der Waals surface area contributed by atoms with E-state index in [0.29, 0.717) is 23.7 Å². The van der Waals surface area contributed by atoms with Crippen molar-refractivity contribution in [3.8, 4) is 5.75 Å². The van der Waals surface area contributed by atoms with Gasteiger partial charge in [-0.15, -0.1) is 5.10 Å². The zero-order valence-corrected chi connectivity index (χ0v) is 15.1. The fraction of sp³-hybridized carbons (Fsp3) is 0.471. The second kappa shape index (κ2) is 7.11. The van der Waals surface area contributed by atoms with Gasteiger partial charge in [0.2, 0.25) is 0 Å². The topological polar surface area (TPSA) is 102 Å². The molecule has 26 heavy (non-hydrogen) atoms. The van der Waals surface area contributed by atoms with Crippen molar-refractivity contribution in [2.45, 2.75) is 45.3 Å². The lowest BCUT2D eigenvalue weighted by molar-refractivity contribution is -0.131. The van der Waals surface area contributed by atoms with E-state index in [1.165, 1.54) is 0 Å². The Morgan fingerprint density at radius 2 is 1.96 bits per heavy atom. The number of amides is 3. The molecule has 9 nitrogen and oxygen atoms in total. The van der Waals surface area contributed by atoms with Crippen LogP contribution in [-0.2, 0) is 23.4 Å². The van der Waals surface area contributed by atoms with Gasteiger partial charge in [-0.3, -0.25) is 9.69 Å². The van der Waals surface area contributed by atoms with E-state index in [-0.39, 0.29) is 12.5 Å². The number of benzene rings is 1. The number of methoxy groups -OCH3 is 1. The molecule has 1 aliphatic heterocycles. The zero-order chi connectivity index (χ0) is 18.7. The van der Waals surface area contributed by atoms with Crippen molar-refractivity contribution in [1.82, 2.24) is 30.4 Å². The minimum absolute atomic E-state index is 0.0348. The molecule has 1 aliphatic rings. The minimum Gasteiger partial charge on any atom is -0.497 e. The first-order valence-corrected chi connectivity index (χ1v) is 8.53. The number of tetrazole rings is 1. The summed E-state index contributed by atoms with van der Waals surface area (Å²) in [6.45, 7) is 4.45. The molecule has 0 unspecified atom stereocenters. The standard InChI is InChI=1S/C17H22N6O3/c1-4-5-10-23-14(19-20-21-23)11-22-15(24)17(2,18-16(22)25)12-6-8-13(26-3)9-7-12/h6-9H,4-5,10-11H2,1-3H3,(H,18,25)/t17-/m1/s1. The van der Waals surface area contributed by atoms with Gasteiger partial charge >= 0.3 is 6.03 Å². The van der Waals surface area contributed by atoms with Gasteiger partial charge in [0, 0.05) is 6.54 Å². The molecule has 1 saturated heterocycles. The summed E-state index contributed by atoms with van der Waals surface area (Å²) in [6.07, 6.45) is 1.92. The van der Waals surface area contributed by atoms with E-state index < -0.39 is 11.6 Å². The van der Waals surface area contributed by atoms with Gasteiger partial charge in [-0.25, -0.2) is 9.48 Å². The van der Waals surface area contributed by atoms with Crippen LogP contribution in [0.2, 0.25) is 0 Å². The van der Waals surface area contributed by atoms with Crippen molar-refractivity contribution >= 4 is 11.9 Å². The Labute approximate surface area is 151 Å². The van der Waals surface area contributed by atoms with Crippen LogP contribution in [0, 0.1) is 0 Å². The van der Waals surface area contributed by atoms with Crippen LogP contribution < -0.4 is 10.1 Å². The predicted molar refractivity (Wildman–Crippen MR) is 92.2 cm³/mol. The molecule has 2 aromatic rings. The predicted octanol–water partition coefficient (Wildman–Crippen LogP) is 1.45. The Morgan fingerprint density at radius 1 is 1.23 bits per heavy atom. The summed E-state index contributed by atoms with van der Waals surface area (Å²) >= 11 is 0. The number of unbranched alkanes of at least 4 members (excludes halogenated alkanes) is 1. The summed E-state index contributed by atoms with van der Waals surface area (Å²) in [6, 6.07) is 6.60. The minimum atomic E-state index is -1.13. The largest absolute Gasteiger partial charge is 0.497 e. The maximum absolute atomic E-state index is 13.0. The highest BCUT2D eigenvalue weighted by Crippen LogP contribution is 2.30. The first-order valence-electron chi connectivity index (χ1n) is 8.53. The molecule has 2 heterocycles. The van der Waals surface area contributed by atoms with Gasteiger partial charge in [0.05, 0.1) is 13.7 Å². The highest BCUT2D eigenvalue weighted by atomic mass is 16.5. The Balaban J connectivity index is 1.81. The van der Waals surface area contributed by atoms with Crippen LogP contribution >= 0.6 is 0 Å². The van der Waals surface area contributed by atoms with Gasteiger partial charge < -0.3 is 10.1 Å². The van der Waals surface area contributed by atoms with E-state index in [4.69, 9.17) is 4.74 Å². The summed E-state index contributed by atoms with van der Waals surface area (Å²) in [4.78, 5) is 26.6. The number of aromatic nitrogens is 4. The number of ether oxygens (including phenoxy) is 1. The third-order valence-corrected chi connectivity index (χ3v) is 4.57. The first-order chi connectivity index (χ1) is 12.5. The molecular formula is C17H22N6O3. The molecule has 0 saturated carbocycles. The number of hydrogen-bond donors (Lipinski definition) is 1. The second-order valence-electron chi connectivity index (χ2n) is 6.35. The SMILES string of the molecule is CCCCn1nnnc1CN1C(=O)N[C@](C)(c2ccc(OC)cc2)C1=O. The highest BCUT2D eigenvalue weighted by molar-refractivity contribution is 6.07. The number of carbonyl (C=O) groups is 2. The van der Waals surface area contributed by atoms with Crippen molar-refractivity contribution in [3.63, 3.8) is 0 Å². The van der Waals surface area contributed by atoms with Crippen molar-refractivity contribution in [1.29, 1.82) is 0 Å². The fourth-order valence-electron chi connectivity index (χ4n) is 2.92. The van der Waals surface area contributed by atoms with Gasteiger partial charge in [-0.1, -0.05) is 25.5 Å². The lowest BCUT2D eigenvalue weighted by Gasteiger charge is -2.22. The zero-order valence-electron chi connectivity index (χ0n) is 15.1. The summed E-state index contributed by atoms with van der Waals surface area (Å²) in [5.74, 6) is 0.833. The molecule has 138 valence electrons. The molecule has 1 fully saturated rings. The van der Waals surface area contributed by atoms with E-state index in [9.17, 15) is 9.59 Å². The van der Waals surface area contributed by atoms with Crippen LogP contribution in [-0.4, -0.2) is 44.2 Å². The maximum atomic E-state index is 13.0. The number of aryl methyl sites for hydroxylation is 1. The fourth-order valence-corrected chi connectivity index (χ4v) is 2.92. The lowest BCUT2D eigenvalue weighted by Crippen LogP contribution is -2.40. The summed E-state index contributed by atoms with van der Waals surface area (Å²) in [7, 11) is 1.57. The molecule has 1 atom stereocenters. The molecule has 1 N–H and O–H groups in total. The van der Waals surface area contributed by atoms with Crippen molar-refractivity contribution in [2.75, 3.05) is 7.11 Å². The molecule has 3 rings (SSSR count). The number of nitrogens with one attached hydrogen (secondary N) is 1. The van der Waals surface area contributed by atoms with E-state index in [1.54, 1.807) is 43.0 Å². The summed E-state index contributed by atoms with van der Waals surface area (Å²) in [5.41, 5.74) is -0.449. The number of rotatable bonds is 7. The van der Waals surface area contributed by atoms with Gasteiger partial charge in [0.1, 0.15) is 11.3 Å². The average molecular weight is 358 g/mol. The molecule has 3 amide bonds. The molecule has 0 aliphatic carbocycles. The number of urea groups is 1. The molecule has 0 spiro atoms. The van der Waals surface area contributed by atoms with Crippen LogP contribution in [0.5, 0.6) is 5.75 Å². The van der Waals surface area contributed by atoms with Gasteiger partial charge in [-0.2, -0.15) is 0 Å². The molecule has 0 bridgehead atoms. The lowest BCUT2D eigenvalue weighted by atomic mass is 9.92. The van der Waals surface area contributed by atoms with E-state index in [2.05, 4.69) is 27.8 Å². The van der Waals surface area contributed by atoms with E-state index >= 15 is 0 Å². The van der Waals surface area contributed by atoms with Crippen LogP contribution in [0.1, 0.15) is 38.1 Å². The van der Waals surface area contributed by atoms with Gasteiger partial charge in [0.25, 0.3) is 5.91 Å². The number of hydrogen-bond acceptors (Lipinski definition) is 6. The van der Waals surface area contributed by atoms with Crippen molar-refractivity contribution in [2.24, 2.45) is 0 Å². The Hall–Kier alpha value is -2.97. The van der Waals surface area contributed by atoms with Crippen LogP contribution in [0.15, 0.2) is 24.3 Å². The van der Waals surface area contributed by atoms with E-state index in [1.807, 2.05) is 0 Å². The average Bonchev–Trinajstić information content (AvgIpc) is 3.18. The number of carbonyl (C=O) groups excluding carboxylic acids is 2. The molecule has 1 aromatic carbocycles.